The molecule has 1 fully saturated rings. The number of amides is 1. The van der Waals surface area contributed by atoms with Gasteiger partial charge in [-0.1, -0.05) is 11.6 Å². The van der Waals surface area contributed by atoms with Crippen molar-refractivity contribution in [1.29, 1.82) is 0 Å². The van der Waals surface area contributed by atoms with Crippen LogP contribution >= 0.6 is 34.3 Å². The fraction of sp³-hybridized carbons (Fsp3) is 0.429. The molecule has 3 heterocycles. The number of carbonyl (C=O) groups is 1. The normalized spacial score (nSPS) is 16.4. The first kappa shape index (κ1) is 15.0. The Morgan fingerprint density at radius 1 is 1.43 bits per heavy atom. The highest BCUT2D eigenvalue weighted by Crippen LogP contribution is 2.33. The Labute approximate surface area is 136 Å². The lowest BCUT2D eigenvalue weighted by molar-refractivity contribution is -0.131. The van der Waals surface area contributed by atoms with Crippen molar-refractivity contribution in [2.24, 2.45) is 5.73 Å². The number of halogens is 1. The summed E-state index contributed by atoms with van der Waals surface area (Å²) in [5.74, 6) is 0.142. The maximum absolute atomic E-state index is 12.3. The summed E-state index contributed by atoms with van der Waals surface area (Å²) in [5, 5.41) is 2.88. The van der Waals surface area contributed by atoms with E-state index in [2.05, 4.69) is 4.98 Å². The third kappa shape index (κ3) is 3.63. The molecule has 4 nitrogen and oxygen atoms in total. The molecule has 0 aliphatic carbocycles. The van der Waals surface area contributed by atoms with Gasteiger partial charge in [-0.25, -0.2) is 4.98 Å². The average molecular weight is 342 g/mol. The minimum atomic E-state index is 0.142. The van der Waals surface area contributed by atoms with Gasteiger partial charge in [-0.2, -0.15) is 0 Å². The molecule has 2 aromatic heterocycles. The molecule has 7 heteroatoms. The molecule has 1 amide bonds. The number of likely N-dealkylation sites (tertiary alicyclic amines) is 1. The van der Waals surface area contributed by atoms with E-state index in [0.29, 0.717) is 6.42 Å². The van der Waals surface area contributed by atoms with E-state index in [0.717, 1.165) is 45.8 Å². The molecule has 0 radical (unpaired) electrons. The number of nitrogens with zero attached hydrogens (tertiary/aromatic N) is 2. The van der Waals surface area contributed by atoms with Crippen molar-refractivity contribution in [3.8, 4) is 9.88 Å². The molecular formula is C14H16ClN3OS2. The van der Waals surface area contributed by atoms with Crippen molar-refractivity contribution < 1.29 is 4.79 Å². The van der Waals surface area contributed by atoms with Crippen LogP contribution in [0.3, 0.4) is 0 Å². The van der Waals surface area contributed by atoms with Crippen LogP contribution in [-0.4, -0.2) is 34.9 Å². The fourth-order valence-electron chi connectivity index (χ4n) is 2.35. The summed E-state index contributed by atoms with van der Waals surface area (Å²) in [5.41, 5.74) is 6.69. The van der Waals surface area contributed by atoms with E-state index in [4.69, 9.17) is 17.3 Å². The van der Waals surface area contributed by atoms with Gasteiger partial charge in [0, 0.05) is 24.5 Å². The molecule has 0 saturated carbocycles. The zero-order valence-corrected chi connectivity index (χ0v) is 13.8. The summed E-state index contributed by atoms with van der Waals surface area (Å²) in [6, 6.07) is 4.07. The van der Waals surface area contributed by atoms with Gasteiger partial charge in [-0.3, -0.25) is 4.79 Å². The number of piperidine rings is 1. The van der Waals surface area contributed by atoms with Crippen molar-refractivity contribution in [1.82, 2.24) is 9.88 Å². The molecule has 112 valence electrons. The summed E-state index contributed by atoms with van der Waals surface area (Å²) >= 11 is 9.00. The lowest BCUT2D eigenvalue weighted by atomic mass is 10.1. The van der Waals surface area contributed by atoms with Crippen LogP contribution in [0.5, 0.6) is 0 Å². The number of nitrogens with two attached hydrogens (primary N) is 1. The molecular weight excluding hydrogens is 326 g/mol. The second kappa shape index (κ2) is 6.44. The first-order valence-corrected chi connectivity index (χ1v) is 8.92. The Morgan fingerprint density at radius 3 is 2.86 bits per heavy atom. The summed E-state index contributed by atoms with van der Waals surface area (Å²) in [6.07, 6.45) is 2.15. The number of hydrogen-bond donors (Lipinski definition) is 1. The largest absolute Gasteiger partial charge is 0.342 e. The van der Waals surface area contributed by atoms with Gasteiger partial charge in [-0.05, 0) is 25.0 Å². The van der Waals surface area contributed by atoms with Gasteiger partial charge in [0.2, 0.25) is 5.91 Å². The van der Waals surface area contributed by atoms with E-state index in [1.165, 1.54) is 11.3 Å². The van der Waals surface area contributed by atoms with Gasteiger partial charge >= 0.3 is 0 Å². The first-order chi connectivity index (χ1) is 10.1. The van der Waals surface area contributed by atoms with Crippen molar-refractivity contribution >= 4 is 40.2 Å². The van der Waals surface area contributed by atoms with Crippen LogP contribution in [0.15, 0.2) is 17.5 Å². The summed E-state index contributed by atoms with van der Waals surface area (Å²) in [6.45, 7) is 1.52. The number of aromatic nitrogens is 1. The Kier molecular flexibility index (Phi) is 4.59. The van der Waals surface area contributed by atoms with Crippen LogP contribution in [0.25, 0.3) is 9.88 Å². The van der Waals surface area contributed by atoms with Crippen LogP contribution in [0.2, 0.25) is 4.34 Å². The number of carbonyl (C=O) groups excluding carboxylic acids is 1. The highest BCUT2D eigenvalue weighted by molar-refractivity contribution is 7.23. The van der Waals surface area contributed by atoms with Crippen LogP contribution in [0, 0.1) is 0 Å². The van der Waals surface area contributed by atoms with Gasteiger partial charge in [0.1, 0.15) is 5.01 Å². The molecule has 0 bridgehead atoms. The first-order valence-electron chi connectivity index (χ1n) is 6.85. The summed E-state index contributed by atoms with van der Waals surface area (Å²) in [4.78, 5) is 19.7. The minimum absolute atomic E-state index is 0.142. The highest BCUT2D eigenvalue weighted by atomic mass is 35.5. The molecule has 0 spiro atoms. The predicted molar refractivity (Wildman–Crippen MR) is 87.9 cm³/mol. The Balaban J connectivity index is 1.63. The predicted octanol–water partition coefficient (Wildman–Crippen LogP) is 3.02. The fourth-order valence-corrected chi connectivity index (χ4v) is 4.28. The zero-order chi connectivity index (χ0) is 14.8. The monoisotopic (exact) mass is 341 g/mol. The van der Waals surface area contributed by atoms with Gasteiger partial charge < -0.3 is 10.6 Å². The molecule has 0 unspecified atom stereocenters. The standard InChI is InChI=1S/C14H16ClN3OS2/c15-12-2-1-11(21-12)14-17-10(8-20-14)7-13(19)18-5-3-9(16)4-6-18/h1-2,8-9H,3-7,16H2. The minimum Gasteiger partial charge on any atom is -0.342 e. The Hall–Kier alpha value is -0.950. The Bertz CT molecular complexity index is 632. The lowest BCUT2D eigenvalue weighted by Gasteiger charge is -2.30. The average Bonchev–Trinajstić information content (AvgIpc) is 3.08. The number of hydrogen-bond acceptors (Lipinski definition) is 5. The second-order valence-electron chi connectivity index (χ2n) is 5.14. The van der Waals surface area contributed by atoms with Crippen molar-refractivity contribution in [2.45, 2.75) is 25.3 Å². The molecule has 2 N–H and O–H groups in total. The third-order valence-corrected chi connectivity index (χ3v) is 5.85. The summed E-state index contributed by atoms with van der Waals surface area (Å²) < 4.78 is 0.752. The maximum atomic E-state index is 12.3. The second-order valence-corrected chi connectivity index (χ2v) is 7.72. The third-order valence-electron chi connectivity index (χ3n) is 3.56. The van der Waals surface area contributed by atoms with E-state index < -0.39 is 0 Å². The Morgan fingerprint density at radius 2 is 2.19 bits per heavy atom. The molecule has 0 aromatic carbocycles. The van der Waals surface area contributed by atoms with Crippen LogP contribution in [-0.2, 0) is 11.2 Å². The van der Waals surface area contributed by atoms with Crippen molar-refractivity contribution in [2.75, 3.05) is 13.1 Å². The smallest absolute Gasteiger partial charge is 0.228 e. The molecule has 1 saturated heterocycles. The van der Waals surface area contributed by atoms with Crippen molar-refractivity contribution in [3.63, 3.8) is 0 Å². The highest BCUT2D eigenvalue weighted by Gasteiger charge is 2.21. The molecule has 3 rings (SSSR count). The summed E-state index contributed by atoms with van der Waals surface area (Å²) in [7, 11) is 0. The maximum Gasteiger partial charge on any atom is 0.228 e. The zero-order valence-electron chi connectivity index (χ0n) is 11.4. The molecule has 2 aromatic rings. The number of rotatable bonds is 3. The molecule has 21 heavy (non-hydrogen) atoms. The van der Waals surface area contributed by atoms with Gasteiger partial charge in [-0.15, -0.1) is 22.7 Å². The van der Waals surface area contributed by atoms with Crippen LogP contribution in [0.1, 0.15) is 18.5 Å². The van der Waals surface area contributed by atoms with Crippen LogP contribution in [0.4, 0.5) is 0 Å². The van der Waals surface area contributed by atoms with E-state index >= 15 is 0 Å². The number of thiophene rings is 1. The molecule has 1 aliphatic rings. The quantitative estimate of drug-likeness (QED) is 0.933. The van der Waals surface area contributed by atoms with Gasteiger partial charge in [0.05, 0.1) is 21.3 Å². The van der Waals surface area contributed by atoms with Gasteiger partial charge in [0.15, 0.2) is 0 Å². The van der Waals surface area contributed by atoms with Crippen molar-refractivity contribution in [3.05, 3.63) is 27.5 Å². The lowest BCUT2D eigenvalue weighted by Crippen LogP contribution is -2.43. The van der Waals surface area contributed by atoms with E-state index in [1.807, 2.05) is 22.4 Å². The van der Waals surface area contributed by atoms with Gasteiger partial charge in [0.25, 0.3) is 0 Å². The van der Waals surface area contributed by atoms with Crippen LogP contribution < -0.4 is 5.73 Å². The van der Waals surface area contributed by atoms with E-state index in [-0.39, 0.29) is 11.9 Å². The SMILES string of the molecule is NC1CCN(C(=O)Cc2csc(-c3ccc(Cl)s3)n2)CC1. The molecule has 1 aliphatic heterocycles. The number of thiazole rings is 1. The molecule has 0 atom stereocenters. The van der Waals surface area contributed by atoms with E-state index in [1.54, 1.807) is 11.3 Å². The van der Waals surface area contributed by atoms with E-state index in [9.17, 15) is 4.79 Å². The topological polar surface area (TPSA) is 59.2 Å².